The first-order chi connectivity index (χ1) is 9.58. The fourth-order valence-corrected chi connectivity index (χ4v) is 4.12. The van der Waals surface area contributed by atoms with Gasteiger partial charge in [0, 0.05) is 17.6 Å². The second-order valence-corrected chi connectivity index (χ2v) is 9.21. The van der Waals surface area contributed by atoms with E-state index in [9.17, 15) is 21.2 Å². The first-order valence-electron chi connectivity index (χ1n) is 6.16. The van der Waals surface area contributed by atoms with Crippen LogP contribution in [0.15, 0.2) is 28.0 Å². The maximum atomic E-state index is 13.7. The maximum absolute atomic E-state index is 13.7. The zero-order valence-corrected chi connectivity index (χ0v) is 14.9. The van der Waals surface area contributed by atoms with Crippen LogP contribution >= 0.6 is 15.9 Å². The molecule has 0 spiro atoms. The molecule has 0 aromatic heterocycles. The van der Waals surface area contributed by atoms with Gasteiger partial charge in [0.05, 0.1) is 4.90 Å². The van der Waals surface area contributed by atoms with Gasteiger partial charge >= 0.3 is 0 Å². The average molecular weight is 402 g/mol. The van der Waals surface area contributed by atoms with Gasteiger partial charge in [-0.25, -0.2) is 25.9 Å². The minimum atomic E-state index is -4.11. The molecule has 0 heterocycles. The third-order valence-electron chi connectivity index (χ3n) is 2.75. The smallest absolute Gasteiger partial charge is 0.224 e. The van der Waals surface area contributed by atoms with Crippen molar-refractivity contribution in [1.29, 1.82) is 0 Å². The Morgan fingerprint density at radius 3 is 2.43 bits per heavy atom. The molecule has 1 N–H and O–H groups in total. The zero-order chi connectivity index (χ0) is 16.3. The number of sulfone groups is 1. The Balaban J connectivity index is 3.14. The van der Waals surface area contributed by atoms with E-state index in [-0.39, 0.29) is 10.9 Å². The van der Waals surface area contributed by atoms with Crippen LogP contribution in [-0.2, 0) is 19.9 Å². The molecule has 0 saturated carbocycles. The van der Waals surface area contributed by atoms with Gasteiger partial charge in [0.25, 0.3) is 0 Å². The number of hydrogen-bond acceptors (Lipinski definition) is 4. The number of sulfonamides is 1. The summed E-state index contributed by atoms with van der Waals surface area (Å²) < 4.78 is 63.3. The van der Waals surface area contributed by atoms with Crippen LogP contribution in [0, 0.1) is 5.82 Å². The van der Waals surface area contributed by atoms with Crippen molar-refractivity contribution in [2.24, 2.45) is 0 Å². The molecule has 5 nitrogen and oxygen atoms in total. The van der Waals surface area contributed by atoms with Gasteiger partial charge in [0.2, 0.25) is 10.0 Å². The van der Waals surface area contributed by atoms with Crippen LogP contribution < -0.4 is 4.72 Å². The topological polar surface area (TPSA) is 80.3 Å². The summed E-state index contributed by atoms with van der Waals surface area (Å²) in [5, 5.41) is 0.733. The lowest BCUT2D eigenvalue weighted by molar-refractivity contribution is 0.531. The molecule has 1 aromatic rings. The molecule has 0 aliphatic heterocycles. The molecular weight excluding hydrogens is 385 g/mol. The lowest BCUT2D eigenvalue weighted by Crippen LogP contribution is -2.33. The van der Waals surface area contributed by atoms with Gasteiger partial charge in [-0.1, -0.05) is 15.9 Å². The summed E-state index contributed by atoms with van der Waals surface area (Å²) in [4.78, 5) is -0.895. The highest BCUT2D eigenvalue weighted by Gasteiger charge is 2.23. The first-order valence-corrected chi connectivity index (χ1v) is 10.7. The first kappa shape index (κ1) is 18.5. The zero-order valence-electron chi connectivity index (χ0n) is 11.6. The van der Waals surface area contributed by atoms with Gasteiger partial charge in [0.15, 0.2) is 9.84 Å². The summed E-state index contributed by atoms with van der Waals surface area (Å²) in [6.45, 7) is 1.67. The van der Waals surface area contributed by atoms with Crippen molar-refractivity contribution in [2.45, 2.75) is 35.6 Å². The highest BCUT2D eigenvalue weighted by Crippen LogP contribution is 2.20. The Morgan fingerprint density at radius 1 is 1.29 bits per heavy atom. The second kappa shape index (κ2) is 7.17. The standard InChI is InChI=1S/C12H17BrFNO4S2/c1-9(4-3-7-13)15-21(18,19)12-8-10(20(2,16)17)5-6-11(12)14/h5-6,8-9,15H,3-4,7H2,1-2H3. The van der Waals surface area contributed by atoms with Crippen molar-refractivity contribution in [1.82, 2.24) is 4.72 Å². The number of halogens is 2. The minimum absolute atomic E-state index is 0.239. The van der Waals surface area contributed by atoms with Gasteiger partial charge in [-0.2, -0.15) is 0 Å². The number of hydrogen-bond donors (Lipinski definition) is 1. The van der Waals surface area contributed by atoms with Crippen LogP contribution in [0.2, 0.25) is 0 Å². The molecule has 9 heteroatoms. The third kappa shape index (κ3) is 5.32. The molecule has 1 unspecified atom stereocenters. The largest absolute Gasteiger partial charge is 0.243 e. The van der Waals surface area contributed by atoms with Gasteiger partial charge in [-0.3, -0.25) is 0 Å². The quantitative estimate of drug-likeness (QED) is 0.560. The molecule has 0 saturated heterocycles. The van der Waals surface area contributed by atoms with Crippen molar-refractivity contribution in [3.63, 3.8) is 0 Å². The molecule has 0 aliphatic carbocycles. The summed E-state index contributed by atoms with van der Waals surface area (Å²) in [6.07, 6.45) is 2.27. The van der Waals surface area contributed by atoms with Gasteiger partial charge in [-0.05, 0) is 38.0 Å². The Morgan fingerprint density at radius 2 is 1.90 bits per heavy atom. The monoisotopic (exact) mass is 401 g/mol. The lowest BCUT2D eigenvalue weighted by atomic mass is 10.2. The van der Waals surface area contributed by atoms with E-state index in [0.717, 1.165) is 36.2 Å². The van der Waals surface area contributed by atoms with E-state index < -0.39 is 30.6 Å². The normalized spacial score (nSPS) is 14.1. The highest BCUT2D eigenvalue weighted by atomic mass is 79.9. The van der Waals surface area contributed by atoms with Crippen LogP contribution in [-0.4, -0.2) is 34.5 Å². The van der Waals surface area contributed by atoms with E-state index in [2.05, 4.69) is 20.7 Å². The van der Waals surface area contributed by atoms with Gasteiger partial charge in [0.1, 0.15) is 10.7 Å². The van der Waals surface area contributed by atoms with E-state index >= 15 is 0 Å². The van der Waals surface area contributed by atoms with Crippen LogP contribution in [0.3, 0.4) is 0 Å². The van der Waals surface area contributed by atoms with Crippen molar-refractivity contribution in [3.8, 4) is 0 Å². The average Bonchev–Trinajstić information content (AvgIpc) is 2.34. The molecule has 1 rings (SSSR count). The molecule has 1 aromatic carbocycles. The molecule has 0 bridgehead atoms. The molecule has 0 fully saturated rings. The van der Waals surface area contributed by atoms with E-state index in [1.54, 1.807) is 6.92 Å². The molecule has 0 amide bonds. The number of rotatable bonds is 7. The predicted molar refractivity (Wildman–Crippen MR) is 82.3 cm³/mol. The predicted octanol–water partition coefficient (Wildman–Crippen LogP) is 2.07. The maximum Gasteiger partial charge on any atom is 0.243 e. The summed E-state index contributed by atoms with van der Waals surface area (Å²) >= 11 is 3.24. The number of alkyl halides is 1. The van der Waals surface area contributed by atoms with E-state index in [0.29, 0.717) is 6.42 Å². The van der Waals surface area contributed by atoms with Crippen molar-refractivity contribution in [3.05, 3.63) is 24.0 Å². The van der Waals surface area contributed by atoms with Crippen LogP contribution in [0.1, 0.15) is 19.8 Å². The Labute approximate surface area is 133 Å². The van der Waals surface area contributed by atoms with Crippen LogP contribution in [0.5, 0.6) is 0 Å². The summed E-state index contributed by atoms with van der Waals surface area (Å²) in [5.74, 6) is -0.984. The van der Waals surface area contributed by atoms with Crippen molar-refractivity contribution < 1.29 is 21.2 Å². The van der Waals surface area contributed by atoms with Gasteiger partial charge < -0.3 is 0 Å². The molecular formula is C12H17BrFNO4S2. The molecule has 21 heavy (non-hydrogen) atoms. The lowest BCUT2D eigenvalue weighted by Gasteiger charge is -2.14. The molecule has 0 aliphatic rings. The van der Waals surface area contributed by atoms with Gasteiger partial charge in [-0.15, -0.1) is 0 Å². The Bertz CT molecular complexity index is 704. The third-order valence-corrected chi connectivity index (χ3v) is 6.02. The highest BCUT2D eigenvalue weighted by molar-refractivity contribution is 9.09. The van der Waals surface area contributed by atoms with E-state index in [1.165, 1.54) is 0 Å². The fraction of sp³-hybridized carbons (Fsp3) is 0.500. The minimum Gasteiger partial charge on any atom is -0.224 e. The number of nitrogens with one attached hydrogen (secondary N) is 1. The summed E-state index contributed by atoms with van der Waals surface area (Å²) in [6, 6.07) is 2.34. The Hall–Kier alpha value is -0.510. The van der Waals surface area contributed by atoms with E-state index in [1.807, 2.05) is 0 Å². The fourth-order valence-electron chi connectivity index (χ4n) is 1.69. The summed E-state index contributed by atoms with van der Waals surface area (Å²) in [7, 11) is -7.72. The summed E-state index contributed by atoms with van der Waals surface area (Å²) in [5.41, 5.74) is 0. The second-order valence-electron chi connectivity index (χ2n) is 4.72. The van der Waals surface area contributed by atoms with Crippen molar-refractivity contribution >= 4 is 35.8 Å². The number of benzene rings is 1. The van der Waals surface area contributed by atoms with Crippen LogP contribution in [0.25, 0.3) is 0 Å². The van der Waals surface area contributed by atoms with Crippen LogP contribution in [0.4, 0.5) is 4.39 Å². The SMILES string of the molecule is CC(CCCBr)NS(=O)(=O)c1cc(S(C)(=O)=O)ccc1F. The molecule has 1 atom stereocenters. The van der Waals surface area contributed by atoms with E-state index in [4.69, 9.17) is 0 Å². The van der Waals surface area contributed by atoms with Crippen molar-refractivity contribution in [2.75, 3.05) is 11.6 Å². The molecule has 0 radical (unpaired) electrons. The Kier molecular flexibility index (Phi) is 6.33. The molecule has 120 valence electrons.